The predicted octanol–water partition coefficient (Wildman–Crippen LogP) is 3.34. The molecule has 1 aromatic carbocycles. The topological polar surface area (TPSA) is 56.1 Å². The van der Waals surface area contributed by atoms with Gasteiger partial charge in [0.2, 0.25) is 0 Å². The van der Waals surface area contributed by atoms with Crippen LogP contribution in [0.4, 0.5) is 14.5 Å². The van der Waals surface area contributed by atoms with Gasteiger partial charge in [0.05, 0.1) is 15.9 Å². The van der Waals surface area contributed by atoms with Crippen molar-refractivity contribution in [1.82, 2.24) is 9.78 Å². The number of carbonyl (C=O) groups excluding carboxylic acids is 1. The Balaban J connectivity index is 2.25. The molecule has 5 nitrogen and oxygen atoms in total. The van der Waals surface area contributed by atoms with E-state index >= 15 is 0 Å². The first-order chi connectivity index (χ1) is 9.90. The van der Waals surface area contributed by atoms with E-state index in [9.17, 15) is 13.6 Å². The van der Waals surface area contributed by atoms with Crippen LogP contribution in [0.5, 0.6) is 5.75 Å². The van der Waals surface area contributed by atoms with Crippen molar-refractivity contribution in [2.75, 3.05) is 5.32 Å². The molecule has 0 fully saturated rings. The van der Waals surface area contributed by atoms with Crippen molar-refractivity contribution in [2.45, 2.75) is 13.5 Å². The number of para-hydroxylation sites is 2. The summed E-state index contributed by atoms with van der Waals surface area (Å²) in [4.78, 5) is 12.2. The number of ether oxygens (including phenoxy) is 1. The Morgan fingerprint density at radius 2 is 2.10 bits per heavy atom. The summed E-state index contributed by atoms with van der Waals surface area (Å²) in [5.74, 6) is -0.625. The molecule has 0 radical (unpaired) electrons. The Labute approximate surface area is 128 Å². The lowest BCUT2D eigenvalue weighted by Crippen LogP contribution is -2.15. The highest BCUT2D eigenvalue weighted by molar-refractivity contribution is 9.10. The summed E-state index contributed by atoms with van der Waals surface area (Å²) in [5.41, 5.74) is 1.09. The van der Waals surface area contributed by atoms with E-state index in [0.717, 1.165) is 5.69 Å². The normalized spacial score (nSPS) is 10.8. The lowest BCUT2D eigenvalue weighted by Gasteiger charge is -2.10. The molecular weight excluding hydrogens is 348 g/mol. The van der Waals surface area contributed by atoms with E-state index in [1.165, 1.54) is 18.2 Å². The first-order valence-corrected chi connectivity index (χ1v) is 6.73. The maximum absolute atomic E-state index is 12.3. The van der Waals surface area contributed by atoms with Crippen molar-refractivity contribution >= 4 is 27.5 Å². The van der Waals surface area contributed by atoms with Crippen LogP contribution in [0.3, 0.4) is 0 Å². The van der Waals surface area contributed by atoms with Gasteiger partial charge in [-0.2, -0.15) is 13.9 Å². The van der Waals surface area contributed by atoms with Gasteiger partial charge in [-0.05, 0) is 35.0 Å². The second-order valence-electron chi connectivity index (χ2n) is 4.20. The smallest absolute Gasteiger partial charge is 0.387 e. The Bertz CT molecular complexity index is 673. The van der Waals surface area contributed by atoms with E-state index < -0.39 is 12.5 Å². The number of aryl methyl sites for hydroxylation is 1. The zero-order valence-corrected chi connectivity index (χ0v) is 12.8. The van der Waals surface area contributed by atoms with Crippen molar-refractivity contribution in [3.05, 3.63) is 40.1 Å². The third kappa shape index (κ3) is 3.38. The van der Waals surface area contributed by atoms with Gasteiger partial charge >= 0.3 is 6.61 Å². The van der Waals surface area contributed by atoms with Gasteiger partial charge in [0, 0.05) is 7.05 Å². The van der Waals surface area contributed by atoms with Crippen molar-refractivity contribution < 1.29 is 18.3 Å². The van der Waals surface area contributed by atoms with Gasteiger partial charge in [-0.1, -0.05) is 12.1 Å². The van der Waals surface area contributed by atoms with Gasteiger partial charge in [0.25, 0.3) is 5.91 Å². The quantitative estimate of drug-likeness (QED) is 0.910. The van der Waals surface area contributed by atoms with Crippen LogP contribution in [0.15, 0.2) is 28.7 Å². The molecule has 21 heavy (non-hydrogen) atoms. The Morgan fingerprint density at radius 3 is 2.67 bits per heavy atom. The molecule has 0 aliphatic rings. The summed E-state index contributed by atoms with van der Waals surface area (Å²) >= 11 is 3.28. The molecule has 0 atom stereocenters. The fourth-order valence-electron chi connectivity index (χ4n) is 1.68. The van der Waals surface area contributed by atoms with Crippen LogP contribution in [0.1, 0.15) is 16.2 Å². The zero-order chi connectivity index (χ0) is 15.6. The number of nitrogens with zero attached hydrogens (tertiary/aromatic N) is 2. The second kappa shape index (κ2) is 6.21. The Kier molecular flexibility index (Phi) is 4.56. The largest absolute Gasteiger partial charge is 0.433 e. The number of hydrogen-bond acceptors (Lipinski definition) is 3. The maximum Gasteiger partial charge on any atom is 0.387 e. The van der Waals surface area contributed by atoms with E-state index in [4.69, 9.17) is 0 Å². The molecule has 1 aromatic heterocycles. The molecule has 0 saturated heterocycles. The second-order valence-corrected chi connectivity index (χ2v) is 4.99. The first-order valence-electron chi connectivity index (χ1n) is 5.94. The fraction of sp³-hybridized carbons (Fsp3) is 0.231. The monoisotopic (exact) mass is 359 g/mol. The van der Waals surface area contributed by atoms with Crippen molar-refractivity contribution in [3.63, 3.8) is 0 Å². The van der Waals surface area contributed by atoms with Gasteiger partial charge in [0.15, 0.2) is 5.69 Å². The fourth-order valence-corrected chi connectivity index (χ4v) is 2.19. The molecule has 0 bridgehead atoms. The number of benzene rings is 1. The number of alkyl halides is 2. The van der Waals surface area contributed by atoms with E-state index in [1.807, 2.05) is 0 Å². The van der Waals surface area contributed by atoms with Crippen molar-refractivity contribution in [1.29, 1.82) is 0 Å². The van der Waals surface area contributed by atoms with Crippen LogP contribution in [-0.2, 0) is 7.05 Å². The molecule has 0 aliphatic carbocycles. The van der Waals surface area contributed by atoms with E-state index in [-0.39, 0.29) is 17.1 Å². The third-order valence-electron chi connectivity index (χ3n) is 2.83. The summed E-state index contributed by atoms with van der Waals surface area (Å²) in [6, 6.07) is 5.96. The predicted molar refractivity (Wildman–Crippen MR) is 76.7 cm³/mol. The molecule has 1 heterocycles. The van der Waals surface area contributed by atoms with E-state index in [2.05, 4.69) is 31.1 Å². The first kappa shape index (κ1) is 15.4. The third-order valence-corrected chi connectivity index (χ3v) is 3.78. The summed E-state index contributed by atoms with van der Waals surface area (Å²) in [6.45, 7) is -1.17. The highest BCUT2D eigenvalue weighted by atomic mass is 79.9. The van der Waals surface area contributed by atoms with Crippen LogP contribution >= 0.6 is 15.9 Å². The summed E-state index contributed by atoms with van der Waals surface area (Å²) in [6.07, 6.45) is 0. The molecule has 1 N–H and O–H groups in total. The van der Waals surface area contributed by atoms with E-state index in [0.29, 0.717) is 4.47 Å². The van der Waals surface area contributed by atoms with Crippen LogP contribution in [0.25, 0.3) is 0 Å². The molecule has 8 heteroatoms. The summed E-state index contributed by atoms with van der Waals surface area (Å²) in [7, 11) is 1.70. The minimum Gasteiger partial charge on any atom is -0.433 e. The highest BCUT2D eigenvalue weighted by Crippen LogP contribution is 2.27. The van der Waals surface area contributed by atoms with Crippen molar-refractivity contribution in [3.8, 4) is 5.75 Å². The lowest BCUT2D eigenvalue weighted by atomic mass is 10.2. The number of anilines is 1. The Morgan fingerprint density at radius 1 is 1.43 bits per heavy atom. The highest BCUT2D eigenvalue weighted by Gasteiger charge is 2.19. The average Bonchev–Trinajstić information content (AvgIpc) is 2.68. The number of hydrogen-bond donors (Lipinski definition) is 1. The number of halogens is 3. The zero-order valence-electron chi connectivity index (χ0n) is 11.2. The number of nitrogens with one attached hydrogen (secondary N) is 1. The molecule has 0 aliphatic heterocycles. The van der Waals surface area contributed by atoms with Gasteiger partial charge in [0.1, 0.15) is 5.75 Å². The van der Waals surface area contributed by atoms with Crippen LogP contribution in [-0.4, -0.2) is 22.3 Å². The molecule has 2 rings (SSSR count). The lowest BCUT2D eigenvalue weighted by molar-refractivity contribution is -0.0493. The standard InChI is InChI=1S/C13H12BrF2N3O2/c1-7-10(14)11(18-19(7)2)12(20)17-8-5-3-4-6-9(8)21-13(15)16/h3-6,13H,1-2H3,(H,17,20). The minimum absolute atomic E-state index is 0.107. The molecule has 0 spiro atoms. The molecule has 112 valence electrons. The minimum atomic E-state index is -2.97. The number of amides is 1. The number of aromatic nitrogens is 2. The Hall–Kier alpha value is -1.96. The average molecular weight is 360 g/mol. The molecule has 2 aromatic rings. The van der Waals surface area contributed by atoms with Gasteiger partial charge in [-0.15, -0.1) is 0 Å². The SMILES string of the molecule is Cc1c(Br)c(C(=O)Nc2ccccc2OC(F)F)nn1C. The van der Waals surface area contributed by atoms with Crippen LogP contribution < -0.4 is 10.1 Å². The van der Waals surface area contributed by atoms with Gasteiger partial charge in [-0.25, -0.2) is 0 Å². The number of rotatable bonds is 4. The summed E-state index contributed by atoms with van der Waals surface area (Å²) in [5, 5.41) is 6.58. The molecule has 0 saturated carbocycles. The van der Waals surface area contributed by atoms with Crippen LogP contribution in [0, 0.1) is 6.92 Å². The summed E-state index contributed by atoms with van der Waals surface area (Å²) < 4.78 is 31.1. The maximum atomic E-state index is 12.3. The van der Waals surface area contributed by atoms with Crippen molar-refractivity contribution in [2.24, 2.45) is 7.05 Å². The van der Waals surface area contributed by atoms with Gasteiger partial charge < -0.3 is 10.1 Å². The van der Waals surface area contributed by atoms with Gasteiger partial charge in [-0.3, -0.25) is 9.48 Å². The molecule has 1 amide bonds. The molecule has 0 unspecified atom stereocenters. The number of carbonyl (C=O) groups is 1. The van der Waals surface area contributed by atoms with E-state index in [1.54, 1.807) is 24.7 Å². The molecular formula is C13H12BrF2N3O2. The van der Waals surface area contributed by atoms with Crippen LogP contribution in [0.2, 0.25) is 0 Å².